The molecule has 1 amide bonds. The number of nitrogens with one attached hydrogen (secondary N) is 2. The number of nitrogens with zero attached hydrogens (tertiary/aromatic N) is 1. The van der Waals surface area contributed by atoms with Gasteiger partial charge in [-0.05, 0) is 13.0 Å². The summed E-state index contributed by atoms with van der Waals surface area (Å²) < 4.78 is 5.87. The van der Waals surface area contributed by atoms with Gasteiger partial charge in [-0.1, -0.05) is 25.1 Å². The normalized spacial score (nSPS) is 33.2. The SMILES string of the molecule is CCCCNC[C@H]1O[C@@H]2SC(CCNC(=O)O)=N[C@@H]2[C@@H](O)[C@@H]1O. The van der Waals surface area contributed by atoms with Gasteiger partial charge in [0.05, 0.1) is 5.04 Å². The summed E-state index contributed by atoms with van der Waals surface area (Å²) in [6.45, 7) is 3.71. The molecule has 2 aliphatic rings. The maximum atomic E-state index is 10.4. The van der Waals surface area contributed by atoms with Crippen LogP contribution in [0.2, 0.25) is 0 Å². The van der Waals surface area contributed by atoms with Gasteiger partial charge < -0.3 is 30.7 Å². The number of hydrogen-bond donors (Lipinski definition) is 5. The lowest BCUT2D eigenvalue weighted by Gasteiger charge is -2.38. The lowest BCUT2D eigenvalue weighted by atomic mass is 9.98. The van der Waals surface area contributed by atoms with Crippen molar-refractivity contribution in [3.63, 3.8) is 0 Å². The maximum absolute atomic E-state index is 10.4. The number of aliphatic hydroxyl groups is 2. The van der Waals surface area contributed by atoms with Crippen LogP contribution in [0.5, 0.6) is 0 Å². The average Bonchev–Trinajstić information content (AvgIpc) is 2.91. The molecule has 2 heterocycles. The third kappa shape index (κ3) is 5.05. The Hall–Kier alpha value is -0.870. The standard InChI is InChI=1S/C14H25N3O5S/c1-2-3-5-15-7-8-11(18)12(19)10-13(22-8)23-9(17-10)4-6-16-14(20)21/h8,10-13,15-16,18-19H,2-7H2,1H3,(H,20,21)/t8-,10-,11-,12-,13-/m1/s1. The second kappa shape index (κ2) is 8.84. The number of carboxylic acid groups (broad SMARTS) is 1. The van der Waals surface area contributed by atoms with E-state index in [-0.39, 0.29) is 12.0 Å². The van der Waals surface area contributed by atoms with E-state index in [4.69, 9.17) is 9.84 Å². The van der Waals surface area contributed by atoms with Crippen molar-refractivity contribution in [3.8, 4) is 0 Å². The molecule has 0 unspecified atom stereocenters. The largest absolute Gasteiger partial charge is 0.465 e. The third-order valence-corrected chi connectivity index (χ3v) is 5.09. The molecular formula is C14H25N3O5S. The van der Waals surface area contributed by atoms with E-state index in [0.29, 0.717) is 13.0 Å². The topological polar surface area (TPSA) is 123 Å². The van der Waals surface area contributed by atoms with Gasteiger partial charge in [0.1, 0.15) is 29.8 Å². The van der Waals surface area contributed by atoms with Gasteiger partial charge in [0, 0.05) is 19.5 Å². The highest BCUT2D eigenvalue weighted by Crippen LogP contribution is 2.37. The summed E-state index contributed by atoms with van der Waals surface area (Å²) >= 11 is 1.40. The van der Waals surface area contributed by atoms with Gasteiger partial charge >= 0.3 is 6.09 Å². The summed E-state index contributed by atoms with van der Waals surface area (Å²) in [5, 5.41) is 35.3. The Morgan fingerprint density at radius 2 is 2.13 bits per heavy atom. The Morgan fingerprint density at radius 3 is 2.83 bits per heavy atom. The summed E-state index contributed by atoms with van der Waals surface area (Å²) in [5.41, 5.74) is -0.328. The molecular weight excluding hydrogens is 322 g/mol. The van der Waals surface area contributed by atoms with Crippen molar-refractivity contribution in [2.75, 3.05) is 19.6 Å². The molecule has 0 spiro atoms. The molecule has 23 heavy (non-hydrogen) atoms. The van der Waals surface area contributed by atoms with Crippen LogP contribution in [0.3, 0.4) is 0 Å². The van der Waals surface area contributed by atoms with E-state index in [1.54, 1.807) is 0 Å². The summed E-state index contributed by atoms with van der Waals surface area (Å²) in [6, 6.07) is -0.498. The van der Waals surface area contributed by atoms with Gasteiger partial charge in [-0.15, -0.1) is 0 Å². The van der Waals surface area contributed by atoms with Gasteiger partial charge in [0.25, 0.3) is 0 Å². The van der Waals surface area contributed by atoms with Crippen molar-refractivity contribution < 1.29 is 24.9 Å². The van der Waals surface area contributed by atoms with Crippen LogP contribution in [-0.4, -0.2) is 75.9 Å². The molecule has 0 aromatic carbocycles. The Kier molecular flexibility index (Phi) is 7.09. The van der Waals surface area contributed by atoms with Crippen LogP contribution in [0, 0.1) is 0 Å². The van der Waals surface area contributed by atoms with Crippen molar-refractivity contribution in [1.82, 2.24) is 10.6 Å². The molecule has 132 valence electrons. The van der Waals surface area contributed by atoms with Gasteiger partial charge in [0.2, 0.25) is 0 Å². The van der Waals surface area contributed by atoms with Crippen LogP contribution in [0.4, 0.5) is 4.79 Å². The van der Waals surface area contributed by atoms with E-state index < -0.39 is 30.4 Å². The van der Waals surface area contributed by atoms with Gasteiger partial charge in [-0.2, -0.15) is 0 Å². The minimum atomic E-state index is -1.07. The summed E-state index contributed by atoms with van der Waals surface area (Å²) in [6.07, 6.45) is -0.897. The third-order valence-electron chi connectivity index (χ3n) is 3.88. The fourth-order valence-corrected chi connectivity index (χ4v) is 3.83. The highest BCUT2D eigenvalue weighted by Gasteiger charge is 2.47. The molecule has 2 aliphatic heterocycles. The maximum Gasteiger partial charge on any atom is 0.404 e. The molecule has 1 fully saturated rings. The molecule has 0 radical (unpaired) electrons. The Morgan fingerprint density at radius 1 is 1.35 bits per heavy atom. The molecule has 0 aromatic heterocycles. The molecule has 2 rings (SSSR count). The van der Waals surface area contributed by atoms with Crippen molar-refractivity contribution in [2.45, 2.75) is 56.0 Å². The zero-order valence-electron chi connectivity index (χ0n) is 13.1. The van der Waals surface area contributed by atoms with Crippen LogP contribution >= 0.6 is 11.8 Å². The van der Waals surface area contributed by atoms with Crippen molar-refractivity contribution >= 4 is 22.9 Å². The molecule has 0 aromatic rings. The predicted octanol–water partition coefficient (Wildman–Crippen LogP) is -0.00560. The van der Waals surface area contributed by atoms with Gasteiger partial charge in [-0.25, -0.2) is 4.79 Å². The second-order valence-corrected chi connectivity index (χ2v) is 6.87. The van der Waals surface area contributed by atoms with Crippen LogP contribution in [0.25, 0.3) is 0 Å². The highest BCUT2D eigenvalue weighted by molar-refractivity contribution is 8.14. The van der Waals surface area contributed by atoms with Gasteiger partial charge in [0.15, 0.2) is 0 Å². The summed E-state index contributed by atoms with van der Waals surface area (Å²) in [7, 11) is 0. The Bertz CT molecular complexity index is 437. The Labute approximate surface area is 139 Å². The second-order valence-electron chi connectivity index (χ2n) is 5.69. The van der Waals surface area contributed by atoms with Crippen molar-refractivity contribution in [3.05, 3.63) is 0 Å². The van der Waals surface area contributed by atoms with Crippen molar-refractivity contribution in [1.29, 1.82) is 0 Å². The van der Waals surface area contributed by atoms with Crippen LogP contribution in [-0.2, 0) is 4.74 Å². The molecule has 0 aliphatic carbocycles. The van der Waals surface area contributed by atoms with Crippen molar-refractivity contribution in [2.24, 2.45) is 4.99 Å². The van der Waals surface area contributed by atoms with Gasteiger partial charge in [-0.3, -0.25) is 4.99 Å². The molecule has 1 saturated heterocycles. The zero-order chi connectivity index (χ0) is 16.8. The first kappa shape index (κ1) is 18.5. The number of hydrogen-bond acceptors (Lipinski definition) is 7. The predicted molar refractivity (Wildman–Crippen MR) is 87.9 cm³/mol. The molecule has 8 nitrogen and oxygen atoms in total. The lowest BCUT2D eigenvalue weighted by Crippen LogP contribution is -2.57. The summed E-state index contributed by atoms with van der Waals surface area (Å²) in [4.78, 5) is 14.8. The number of unbranched alkanes of at least 4 members (excludes halogenated alkanes) is 1. The molecule has 5 atom stereocenters. The molecule has 0 bridgehead atoms. The monoisotopic (exact) mass is 347 g/mol. The number of carbonyl (C=O) groups is 1. The quantitative estimate of drug-likeness (QED) is 0.391. The first-order valence-corrected chi connectivity index (χ1v) is 8.83. The lowest BCUT2D eigenvalue weighted by molar-refractivity contribution is -0.150. The minimum absolute atomic E-state index is 0.265. The number of fused-ring (bicyclic) bond motifs is 1. The highest BCUT2D eigenvalue weighted by atomic mass is 32.2. The smallest absolute Gasteiger partial charge is 0.404 e. The number of ether oxygens (including phenoxy) is 1. The Balaban J connectivity index is 1.83. The fourth-order valence-electron chi connectivity index (χ4n) is 2.60. The number of aliphatic imine (C=N–C) groups is 1. The first-order chi connectivity index (χ1) is 11.0. The van der Waals surface area contributed by atoms with Crippen LogP contribution < -0.4 is 10.6 Å². The number of aliphatic hydroxyl groups excluding tert-OH is 2. The molecule has 0 saturated carbocycles. The van der Waals surface area contributed by atoms with Crippen LogP contribution in [0.15, 0.2) is 4.99 Å². The zero-order valence-corrected chi connectivity index (χ0v) is 14.0. The van der Waals surface area contributed by atoms with E-state index in [1.807, 2.05) is 0 Å². The number of amides is 1. The van der Waals surface area contributed by atoms with E-state index in [1.165, 1.54) is 11.8 Å². The van der Waals surface area contributed by atoms with E-state index in [9.17, 15) is 15.0 Å². The minimum Gasteiger partial charge on any atom is -0.465 e. The fraction of sp³-hybridized carbons (Fsp3) is 0.857. The molecule has 5 N–H and O–H groups in total. The average molecular weight is 347 g/mol. The number of rotatable bonds is 8. The first-order valence-electron chi connectivity index (χ1n) is 7.95. The van der Waals surface area contributed by atoms with E-state index >= 15 is 0 Å². The van der Waals surface area contributed by atoms with Crippen LogP contribution in [0.1, 0.15) is 26.2 Å². The summed E-state index contributed by atoms with van der Waals surface area (Å²) in [5.74, 6) is 0. The van der Waals surface area contributed by atoms with E-state index in [0.717, 1.165) is 24.4 Å². The molecule has 9 heteroatoms. The number of thioether (sulfide) groups is 1. The van der Waals surface area contributed by atoms with E-state index in [2.05, 4.69) is 22.5 Å².